The molecular weight excluding hydrogens is 265 g/mol. The molecule has 5 nitrogen and oxygen atoms in total. The molecule has 0 amide bonds. The maximum absolute atomic E-state index is 12.2. The molecule has 106 valence electrons. The zero-order valence-corrected chi connectivity index (χ0v) is 12.3. The Morgan fingerprint density at radius 1 is 1.26 bits per heavy atom. The van der Waals surface area contributed by atoms with Crippen LogP contribution in [0.5, 0.6) is 5.75 Å². The zero-order valence-electron chi connectivity index (χ0n) is 11.4. The smallest absolute Gasteiger partial charge is 0.269 e. The van der Waals surface area contributed by atoms with Crippen molar-refractivity contribution >= 4 is 12.8 Å². The number of benzene rings is 1. The number of nitro benzene ring substituents is 1. The summed E-state index contributed by atoms with van der Waals surface area (Å²) >= 11 is 0. The van der Waals surface area contributed by atoms with Crippen LogP contribution in [0.2, 0.25) is 0 Å². The van der Waals surface area contributed by atoms with E-state index in [1.165, 1.54) is 24.3 Å². The Labute approximate surface area is 113 Å². The molecule has 1 atom stereocenters. The van der Waals surface area contributed by atoms with Gasteiger partial charge in [-0.1, -0.05) is 19.8 Å². The number of non-ortho nitro benzene ring substituents is 1. The van der Waals surface area contributed by atoms with Gasteiger partial charge < -0.3 is 9.30 Å². The highest BCUT2D eigenvalue weighted by Crippen LogP contribution is 2.42. The van der Waals surface area contributed by atoms with E-state index in [1.54, 1.807) is 6.66 Å². The molecule has 0 bridgehead atoms. The summed E-state index contributed by atoms with van der Waals surface area (Å²) in [7, 11) is -2.27. The van der Waals surface area contributed by atoms with E-state index >= 15 is 0 Å². The molecule has 1 unspecified atom stereocenters. The minimum absolute atomic E-state index is 0.0231. The lowest BCUT2D eigenvalue weighted by atomic mass is 10.3. The van der Waals surface area contributed by atoms with Gasteiger partial charge in [-0.25, -0.2) is 0 Å². The van der Waals surface area contributed by atoms with E-state index in [2.05, 4.69) is 6.92 Å². The van der Waals surface area contributed by atoms with Crippen molar-refractivity contribution in [3.8, 4) is 5.75 Å². The summed E-state index contributed by atoms with van der Waals surface area (Å²) in [5.41, 5.74) is 0.0231. The van der Waals surface area contributed by atoms with Crippen LogP contribution >= 0.6 is 7.14 Å². The van der Waals surface area contributed by atoms with Gasteiger partial charge in [0.15, 0.2) is 0 Å². The van der Waals surface area contributed by atoms with Crippen LogP contribution in [0.15, 0.2) is 24.3 Å². The Balaban J connectivity index is 2.47. The summed E-state index contributed by atoms with van der Waals surface area (Å²) in [6.45, 7) is 3.85. The lowest BCUT2D eigenvalue weighted by Crippen LogP contribution is -2.01. The number of hydrogen-bond acceptors (Lipinski definition) is 4. The average Bonchev–Trinajstić information content (AvgIpc) is 2.37. The average molecular weight is 285 g/mol. The Hall–Kier alpha value is -1.35. The summed E-state index contributed by atoms with van der Waals surface area (Å²) < 4.78 is 17.7. The van der Waals surface area contributed by atoms with Gasteiger partial charge in [0, 0.05) is 18.3 Å². The second-order valence-electron chi connectivity index (χ2n) is 4.75. The highest BCUT2D eigenvalue weighted by molar-refractivity contribution is 7.62. The number of rotatable bonds is 8. The van der Waals surface area contributed by atoms with Crippen LogP contribution < -0.4 is 4.74 Å². The van der Waals surface area contributed by atoms with E-state index in [4.69, 9.17) is 4.74 Å². The SMILES string of the molecule is CCCCCP(C)(=O)COc1ccc([N+](=O)[O-])cc1. The number of nitro groups is 1. The monoisotopic (exact) mass is 285 g/mol. The molecule has 0 radical (unpaired) electrons. The van der Waals surface area contributed by atoms with Crippen molar-refractivity contribution in [1.29, 1.82) is 0 Å². The molecule has 0 aliphatic carbocycles. The third kappa shape index (κ3) is 5.88. The predicted molar refractivity (Wildman–Crippen MR) is 76.5 cm³/mol. The van der Waals surface area contributed by atoms with Gasteiger partial charge in [0.25, 0.3) is 5.69 Å². The lowest BCUT2D eigenvalue weighted by molar-refractivity contribution is -0.384. The summed E-state index contributed by atoms with van der Waals surface area (Å²) in [4.78, 5) is 10.0. The standard InChI is InChI=1S/C13H20NO4P/c1-3-4-5-10-19(2,17)11-18-13-8-6-12(7-9-13)14(15)16/h6-9H,3-5,10-11H2,1-2H3. The van der Waals surface area contributed by atoms with Gasteiger partial charge in [-0.2, -0.15) is 0 Å². The van der Waals surface area contributed by atoms with Crippen molar-refractivity contribution in [2.75, 3.05) is 19.2 Å². The summed E-state index contributed by atoms with van der Waals surface area (Å²) in [5.74, 6) is 0.517. The van der Waals surface area contributed by atoms with Crippen molar-refractivity contribution in [1.82, 2.24) is 0 Å². The molecule has 0 aliphatic rings. The number of nitrogens with zero attached hydrogens (tertiary/aromatic N) is 1. The zero-order chi connectivity index (χ0) is 14.3. The largest absolute Gasteiger partial charge is 0.486 e. The van der Waals surface area contributed by atoms with Gasteiger partial charge in [-0.15, -0.1) is 0 Å². The third-order valence-corrected chi connectivity index (χ3v) is 4.72. The quantitative estimate of drug-likeness (QED) is 0.312. The summed E-state index contributed by atoms with van der Waals surface area (Å²) in [6, 6.07) is 5.83. The number of hydrogen-bond donors (Lipinski definition) is 0. The fraction of sp³-hybridized carbons (Fsp3) is 0.538. The Morgan fingerprint density at radius 2 is 1.89 bits per heavy atom. The van der Waals surface area contributed by atoms with Crippen LogP contribution in [-0.2, 0) is 4.57 Å². The van der Waals surface area contributed by atoms with E-state index in [0.717, 1.165) is 19.3 Å². The fourth-order valence-corrected chi connectivity index (χ4v) is 3.08. The van der Waals surface area contributed by atoms with E-state index in [0.29, 0.717) is 11.9 Å². The minimum Gasteiger partial charge on any atom is -0.486 e. The Kier molecular flexibility index (Phi) is 6.03. The van der Waals surface area contributed by atoms with Crippen LogP contribution in [0, 0.1) is 10.1 Å². The molecule has 0 aliphatic heterocycles. The second-order valence-corrected chi connectivity index (χ2v) is 8.05. The first-order chi connectivity index (χ1) is 8.94. The Morgan fingerprint density at radius 3 is 2.42 bits per heavy atom. The molecule has 0 N–H and O–H groups in total. The lowest BCUT2D eigenvalue weighted by Gasteiger charge is -2.14. The van der Waals surface area contributed by atoms with Gasteiger partial charge in [-0.05, 0) is 25.2 Å². The molecular formula is C13H20NO4P. The van der Waals surface area contributed by atoms with Gasteiger partial charge in [0.05, 0.1) is 4.92 Å². The molecule has 0 saturated heterocycles. The second kappa shape index (κ2) is 7.29. The normalized spacial score (nSPS) is 13.8. The van der Waals surface area contributed by atoms with E-state index in [9.17, 15) is 14.7 Å². The van der Waals surface area contributed by atoms with Crippen molar-refractivity contribution in [3.63, 3.8) is 0 Å². The first-order valence-corrected chi connectivity index (χ1v) is 8.90. The number of ether oxygens (including phenoxy) is 1. The van der Waals surface area contributed by atoms with Gasteiger partial charge in [0.2, 0.25) is 0 Å². The molecule has 0 aromatic heterocycles. The Bertz CT molecular complexity index is 458. The van der Waals surface area contributed by atoms with Crippen LogP contribution in [-0.4, -0.2) is 24.1 Å². The molecule has 0 heterocycles. The maximum atomic E-state index is 12.2. The van der Waals surface area contributed by atoms with E-state index in [1.807, 2.05) is 0 Å². The van der Waals surface area contributed by atoms with Gasteiger partial charge in [0.1, 0.15) is 19.2 Å². The predicted octanol–water partition coefficient (Wildman–Crippen LogP) is 4.11. The first-order valence-electron chi connectivity index (χ1n) is 6.37. The van der Waals surface area contributed by atoms with Gasteiger partial charge in [-0.3, -0.25) is 10.1 Å². The number of unbranched alkanes of at least 4 members (excludes halogenated alkanes) is 2. The molecule has 1 rings (SSSR count). The highest BCUT2D eigenvalue weighted by atomic mass is 31.2. The molecule has 19 heavy (non-hydrogen) atoms. The molecule has 0 fully saturated rings. The van der Waals surface area contributed by atoms with Crippen molar-refractivity contribution < 1.29 is 14.2 Å². The van der Waals surface area contributed by atoms with Crippen molar-refractivity contribution in [2.45, 2.75) is 26.2 Å². The molecule has 6 heteroatoms. The van der Waals surface area contributed by atoms with E-state index in [-0.39, 0.29) is 12.0 Å². The third-order valence-electron chi connectivity index (χ3n) is 2.79. The minimum atomic E-state index is -2.27. The van der Waals surface area contributed by atoms with Crippen molar-refractivity contribution in [2.24, 2.45) is 0 Å². The molecule has 0 spiro atoms. The topological polar surface area (TPSA) is 69.4 Å². The molecule has 0 saturated carbocycles. The van der Waals surface area contributed by atoms with Crippen LogP contribution in [0.4, 0.5) is 5.69 Å². The van der Waals surface area contributed by atoms with Crippen LogP contribution in [0.1, 0.15) is 26.2 Å². The molecule has 1 aromatic carbocycles. The fourth-order valence-electron chi connectivity index (χ4n) is 1.64. The highest BCUT2D eigenvalue weighted by Gasteiger charge is 2.16. The van der Waals surface area contributed by atoms with Crippen LogP contribution in [0.25, 0.3) is 0 Å². The summed E-state index contributed by atoms with van der Waals surface area (Å²) in [5, 5.41) is 10.5. The maximum Gasteiger partial charge on any atom is 0.269 e. The summed E-state index contributed by atoms with van der Waals surface area (Å²) in [6.07, 6.45) is 4.01. The first kappa shape index (κ1) is 15.7. The van der Waals surface area contributed by atoms with Crippen LogP contribution in [0.3, 0.4) is 0 Å². The van der Waals surface area contributed by atoms with Crippen molar-refractivity contribution in [3.05, 3.63) is 34.4 Å². The van der Waals surface area contributed by atoms with E-state index < -0.39 is 12.1 Å². The van der Waals surface area contributed by atoms with Gasteiger partial charge >= 0.3 is 0 Å². The molecule has 1 aromatic rings.